The molecule has 34 heavy (non-hydrogen) atoms. The number of urea groups is 1. The standard InChI is InChI=1S/C25H28N4O4S/c1-17-5-4-6-19(13-17)27-25(31)29-11-9-28(10-12-29)23(30)15-20-16-34-24(26-20)18-7-8-21(32-2)22(14-18)33-3/h4-8,13-14,16H,9-12,15H2,1-3H3,(H,27,31). The molecule has 4 rings (SSSR count). The minimum Gasteiger partial charge on any atom is -0.493 e. The highest BCUT2D eigenvalue weighted by atomic mass is 32.1. The molecule has 0 radical (unpaired) electrons. The Morgan fingerprint density at radius 2 is 1.74 bits per heavy atom. The van der Waals surface area contributed by atoms with Crippen molar-refractivity contribution in [3.8, 4) is 22.1 Å². The van der Waals surface area contributed by atoms with Crippen LogP contribution in [0.15, 0.2) is 47.8 Å². The first kappa shape index (κ1) is 23.6. The van der Waals surface area contributed by atoms with E-state index in [2.05, 4.69) is 10.3 Å². The van der Waals surface area contributed by atoms with Crippen LogP contribution in [-0.4, -0.2) is 67.1 Å². The summed E-state index contributed by atoms with van der Waals surface area (Å²) in [6, 6.07) is 13.2. The molecule has 0 spiro atoms. The maximum atomic E-state index is 12.8. The fourth-order valence-electron chi connectivity index (χ4n) is 3.84. The summed E-state index contributed by atoms with van der Waals surface area (Å²) in [5.74, 6) is 1.31. The minimum atomic E-state index is -0.142. The van der Waals surface area contributed by atoms with Crippen molar-refractivity contribution in [2.45, 2.75) is 13.3 Å². The molecule has 0 bridgehead atoms. The molecule has 0 aliphatic carbocycles. The number of nitrogens with zero attached hydrogens (tertiary/aromatic N) is 3. The second-order valence-corrected chi connectivity index (χ2v) is 8.92. The highest BCUT2D eigenvalue weighted by Crippen LogP contribution is 2.33. The van der Waals surface area contributed by atoms with Gasteiger partial charge >= 0.3 is 6.03 Å². The van der Waals surface area contributed by atoms with Crippen LogP contribution in [0, 0.1) is 6.92 Å². The van der Waals surface area contributed by atoms with Crippen molar-refractivity contribution in [2.75, 3.05) is 45.7 Å². The Morgan fingerprint density at radius 3 is 2.44 bits per heavy atom. The Morgan fingerprint density at radius 1 is 1.00 bits per heavy atom. The van der Waals surface area contributed by atoms with Gasteiger partial charge in [0, 0.05) is 42.8 Å². The number of methoxy groups -OCH3 is 2. The lowest BCUT2D eigenvalue weighted by atomic mass is 10.2. The molecule has 8 nitrogen and oxygen atoms in total. The summed E-state index contributed by atoms with van der Waals surface area (Å²) in [6.07, 6.45) is 0.235. The molecular weight excluding hydrogens is 452 g/mol. The molecular formula is C25H28N4O4S. The van der Waals surface area contributed by atoms with Crippen LogP contribution >= 0.6 is 11.3 Å². The molecule has 9 heteroatoms. The van der Waals surface area contributed by atoms with E-state index in [0.29, 0.717) is 37.7 Å². The maximum absolute atomic E-state index is 12.8. The smallest absolute Gasteiger partial charge is 0.321 e. The number of ether oxygens (including phenoxy) is 2. The zero-order valence-electron chi connectivity index (χ0n) is 19.5. The van der Waals surface area contributed by atoms with Gasteiger partial charge in [0.05, 0.1) is 26.3 Å². The van der Waals surface area contributed by atoms with E-state index in [1.165, 1.54) is 11.3 Å². The normalized spacial score (nSPS) is 13.5. The summed E-state index contributed by atoms with van der Waals surface area (Å²) >= 11 is 1.49. The second-order valence-electron chi connectivity index (χ2n) is 8.06. The predicted molar refractivity (Wildman–Crippen MR) is 133 cm³/mol. The molecule has 1 aliphatic heterocycles. The highest BCUT2D eigenvalue weighted by Gasteiger charge is 2.25. The maximum Gasteiger partial charge on any atom is 0.321 e. The summed E-state index contributed by atoms with van der Waals surface area (Å²) in [4.78, 5) is 33.6. The van der Waals surface area contributed by atoms with Gasteiger partial charge in [-0.15, -0.1) is 11.3 Å². The molecule has 0 unspecified atom stereocenters. The summed E-state index contributed by atoms with van der Waals surface area (Å²) in [7, 11) is 3.19. The van der Waals surface area contributed by atoms with Crippen molar-refractivity contribution < 1.29 is 19.1 Å². The summed E-state index contributed by atoms with van der Waals surface area (Å²) < 4.78 is 10.7. The Labute approximate surface area is 203 Å². The predicted octanol–water partition coefficient (Wildman–Crippen LogP) is 4.05. The number of carbonyl (C=O) groups is 2. The van der Waals surface area contributed by atoms with Crippen LogP contribution in [-0.2, 0) is 11.2 Å². The van der Waals surface area contributed by atoms with Crippen molar-refractivity contribution >= 4 is 29.0 Å². The minimum absolute atomic E-state index is 0.0166. The van der Waals surface area contributed by atoms with Crippen LogP contribution in [0.2, 0.25) is 0 Å². The van der Waals surface area contributed by atoms with Gasteiger partial charge < -0.3 is 24.6 Å². The number of rotatable bonds is 6. The fourth-order valence-corrected chi connectivity index (χ4v) is 4.66. The third-order valence-corrected chi connectivity index (χ3v) is 6.64. The molecule has 0 saturated carbocycles. The van der Waals surface area contributed by atoms with Crippen LogP contribution in [0.5, 0.6) is 11.5 Å². The molecule has 1 fully saturated rings. The van der Waals surface area contributed by atoms with Crippen molar-refractivity contribution in [1.29, 1.82) is 0 Å². The van der Waals surface area contributed by atoms with E-state index >= 15 is 0 Å². The van der Waals surface area contributed by atoms with E-state index in [1.54, 1.807) is 24.0 Å². The van der Waals surface area contributed by atoms with Gasteiger partial charge in [-0.2, -0.15) is 0 Å². The number of nitrogens with one attached hydrogen (secondary N) is 1. The van der Waals surface area contributed by atoms with Gasteiger partial charge in [-0.3, -0.25) is 4.79 Å². The van der Waals surface area contributed by atoms with E-state index in [-0.39, 0.29) is 18.4 Å². The number of aromatic nitrogens is 1. The van der Waals surface area contributed by atoms with Gasteiger partial charge in [-0.05, 0) is 42.8 Å². The molecule has 3 aromatic rings. The number of piperazine rings is 1. The van der Waals surface area contributed by atoms with Crippen LogP contribution in [0.1, 0.15) is 11.3 Å². The first-order valence-electron chi connectivity index (χ1n) is 11.0. The molecule has 3 amide bonds. The Balaban J connectivity index is 1.31. The lowest BCUT2D eigenvalue weighted by Crippen LogP contribution is -2.52. The van der Waals surface area contributed by atoms with Crippen LogP contribution in [0.4, 0.5) is 10.5 Å². The monoisotopic (exact) mass is 480 g/mol. The average molecular weight is 481 g/mol. The van der Waals surface area contributed by atoms with Crippen molar-refractivity contribution in [3.05, 3.63) is 59.1 Å². The second kappa shape index (κ2) is 10.6. The average Bonchev–Trinajstić information content (AvgIpc) is 3.32. The van der Waals surface area contributed by atoms with E-state index in [1.807, 2.05) is 54.8 Å². The topological polar surface area (TPSA) is 84.0 Å². The van der Waals surface area contributed by atoms with Gasteiger partial charge in [0.2, 0.25) is 5.91 Å². The zero-order chi connectivity index (χ0) is 24.1. The molecule has 178 valence electrons. The van der Waals surface area contributed by atoms with Gasteiger partial charge in [-0.25, -0.2) is 9.78 Å². The van der Waals surface area contributed by atoms with E-state index in [0.717, 1.165) is 27.5 Å². The number of aryl methyl sites for hydroxylation is 1. The van der Waals surface area contributed by atoms with Gasteiger partial charge in [-0.1, -0.05) is 12.1 Å². The van der Waals surface area contributed by atoms with Gasteiger partial charge in [0.15, 0.2) is 11.5 Å². The number of benzene rings is 2. The lowest BCUT2D eigenvalue weighted by molar-refractivity contribution is -0.131. The van der Waals surface area contributed by atoms with E-state index < -0.39 is 0 Å². The Kier molecular flexibility index (Phi) is 7.32. The molecule has 2 heterocycles. The Hall–Kier alpha value is -3.59. The zero-order valence-corrected chi connectivity index (χ0v) is 20.4. The van der Waals surface area contributed by atoms with Crippen LogP contribution < -0.4 is 14.8 Å². The van der Waals surface area contributed by atoms with Crippen LogP contribution in [0.25, 0.3) is 10.6 Å². The molecule has 1 saturated heterocycles. The van der Waals surface area contributed by atoms with Crippen LogP contribution in [0.3, 0.4) is 0 Å². The molecule has 2 aromatic carbocycles. The summed E-state index contributed by atoms with van der Waals surface area (Å²) in [6.45, 7) is 3.99. The first-order chi connectivity index (χ1) is 16.5. The Bertz CT molecular complexity index is 1170. The number of carbonyl (C=O) groups excluding carboxylic acids is 2. The number of anilines is 1. The third kappa shape index (κ3) is 5.48. The van der Waals surface area contributed by atoms with E-state index in [9.17, 15) is 9.59 Å². The number of hydrogen-bond donors (Lipinski definition) is 1. The van der Waals surface area contributed by atoms with Gasteiger partial charge in [0.25, 0.3) is 0 Å². The quantitative estimate of drug-likeness (QED) is 0.575. The van der Waals surface area contributed by atoms with E-state index in [4.69, 9.17) is 9.47 Å². The number of thiazole rings is 1. The lowest BCUT2D eigenvalue weighted by Gasteiger charge is -2.34. The summed E-state index contributed by atoms with van der Waals surface area (Å²) in [5.41, 5.74) is 3.51. The fraction of sp³-hybridized carbons (Fsp3) is 0.320. The number of hydrogen-bond acceptors (Lipinski definition) is 6. The van der Waals surface area contributed by atoms with Crippen molar-refractivity contribution in [1.82, 2.24) is 14.8 Å². The summed E-state index contributed by atoms with van der Waals surface area (Å²) in [5, 5.41) is 5.66. The van der Waals surface area contributed by atoms with Crippen molar-refractivity contribution in [3.63, 3.8) is 0 Å². The number of amides is 3. The SMILES string of the molecule is COc1ccc(-c2nc(CC(=O)N3CCN(C(=O)Nc4cccc(C)c4)CC3)cs2)cc1OC. The molecule has 1 aromatic heterocycles. The first-order valence-corrected chi connectivity index (χ1v) is 11.9. The molecule has 1 N–H and O–H groups in total. The largest absolute Gasteiger partial charge is 0.493 e. The van der Waals surface area contributed by atoms with Crippen molar-refractivity contribution in [2.24, 2.45) is 0 Å². The third-order valence-electron chi connectivity index (χ3n) is 5.70. The molecule has 1 aliphatic rings. The highest BCUT2D eigenvalue weighted by molar-refractivity contribution is 7.13. The van der Waals surface area contributed by atoms with Gasteiger partial charge in [0.1, 0.15) is 5.01 Å². The molecule has 0 atom stereocenters.